The van der Waals surface area contributed by atoms with Gasteiger partial charge in [0.2, 0.25) is 0 Å². The zero-order valence-electron chi connectivity index (χ0n) is 17.0. The van der Waals surface area contributed by atoms with E-state index in [1.165, 1.54) is 0 Å². The van der Waals surface area contributed by atoms with Crippen LogP contribution in [0, 0.1) is 6.92 Å². The number of amides is 1. The molecule has 30 heavy (non-hydrogen) atoms. The molecule has 2 heterocycles. The van der Waals surface area contributed by atoms with Crippen LogP contribution in [0.15, 0.2) is 53.3 Å². The zero-order chi connectivity index (χ0) is 21.1. The Hall–Kier alpha value is -3.03. The molecule has 0 saturated carbocycles. The fraction of sp³-hybridized carbons (Fsp3) is 0.348. The monoisotopic (exact) mass is 407 g/mol. The van der Waals surface area contributed by atoms with Crippen molar-refractivity contribution in [3.05, 3.63) is 70.3 Å². The van der Waals surface area contributed by atoms with E-state index >= 15 is 0 Å². The lowest BCUT2D eigenvalue weighted by atomic mass is 10.1. The van der Waals surface area contributed by atoms with E-state index in [0.29, 0.717) is 41.1 Å². The molecule has 1 saturated heterocycles. The Morgan fingerprint density at radius 1 is 1.20 bits per heavy atom. The first-order valence-corrected chi connectivity index (χ1v) is 10.2. The van der Waals surface area contributed by atoms with E-state index in [1.807, 2.05) is 18.2 Å². The third-order valence-corrected chi connectivity index (χ3v) is 5.43. The van der Waals surface area contributed by atoms with Crippen LogP contribution in [-0.4, -0.2) is 57.9 Å². The normalized spacial score (nSPS) is 16.7. The van der Waals surface area contributed by atoms with E-state index < -0.39 is 0 Å². The van der Waals surface area contributed by atoms with Crippen LogP contribution in [0.5, 0.6) is 0 Å². The van der Waals surface area contributed by atoms with Gasteiger partial charge in [0.1, 0.15) is 5.82 Å². The van der Waals surface area contributed by atoms with Crippen molar-refractivity contribution in [3.8, 4) is 5.69 Å². The summed E-state index contributed by atoms with van der Waals surface area (Å²) in [5, 5.41) is 9.49. The Morgan fingerprint density at radius 3 is 2.73 bits per heavy atom. The van der Waals surface area contributed by atoms with Crippen LogP contribution >= 0.6 is 0 Å². The number of likely N-dealkylation sites (tertiary alicyclic amines) is 1. The van der Waals surface area contributed by atoms with Crippen LogP contribution in [0.4, 0.5) is 0 Å². The Bertz CT molecular complexity index is 1110. The summed E-state index contributed by atoms with van der Waals surface area (Å²) in [6.45, 7) is 3.28. The zero-order valence-corrected chi connectivity index (χ0v) is 17.0. The van der Waals surface area contributed by atoms with Crippen LogP contribution in [0.2, 0.25) is 0 Å². The van der Waals surface area contributed by atoms with Gasteiger partial charge in [0.25, 0.3) is 11.5 Å². The van der Waals surface area contributed by atoms with Gasteiger partial charge in [0.15, 0.2) is 0 Å². The second-order valence-electron chi connectivity index (χ2n) is 7.47. The summed E-state index contributed by atoms with van der Waals surface area (Å²) >= 11 is 0. The number of ether oxygens (including phenoxy) is 1. The van der Waals surface area contributed by atoms with Crippen LogP contribution in [-0.2, 0) is 4.74 Å². The van der Waals surface area contributed by atoms with Gasteiger partial charge in [-0.15, -0.1) is 0 Å². The number of benzene rings is 2. The molecule has 1 aromatic heterocycles. The lowest BCUT2D eigenvalue weighted by Crippen LogP contribution is -2.43. The van der Waals surface area contributed by atoms with Gasteiger partial charge in [-0.2, -0.15) is 0 Å². The highest BCUT2D eigenvalue weighted by Crippen LogP contribution is 2.18. The summed E-state index contributed by atoms with van der Waals surface area (Å²) < 4.78 is 7.16. The average molecular weight is 407 g/mol. The first-order valence-electron chi connectivity index (χ1n) is 10.2. The van der Waals surface area contributed by atoms with E-state index in [2.05, 4.69) is 4.98 Å². The molecule has 1 aliphatic rings. The molecule has 4 rings (SSSR count). The summed E-state index contributed by atoms with van der Waals surface area (Å²) in [5.74, 6) is 0.539. The van der Waals surface area contributed by atoms with Crippen molar-refractivity contribution in [1.82, 2.24) is 14.5 Å². The summed E-state index contributed by atoms with van der Waals surface area (Å²) in [5.41, 5.74) is 1.79. The fourth-order valence-electron chi connectivity index (χ4n) is 3.96. The molecule has 156 valence electrons. The molecule has 0 aliphatic carbocycles. The Balaban J connectivity index is 1.57. The number of aryl methyl sites for hydroxylation is 1. The first kappa shape index (κ1) is 20.3. The van der Waals surface area contributed by atoms with Crippen LogP contribution in [0.1, 0.15) is 29.0 Å². The van der Waals surface area contributed by atoms with Gasteiger partial charge in [-0.1, -0.05) is 12.1 Å². The maximum absolute atomic E-state index is 13.0. The topological polar surface area (TPSA) is 84.7 Å². The van der Waals surface area contributed by atoms with E-state index in [4.69, 9.17) is 9.84 Å². The van der Waals surface area contributed by atoms with Crippen LogP contribution < -0.4 is 5.56 Å². The molecule has 7 nitrogen and oxygen atoms in total. The molecule has 1 N–H and O–H groups in total. The van der Waals surface area contributed by atoms with Gasteiger partial charge < -0.3 is 14.7 Å². The molecule has 1 amide bonds. The second-order valence-corrected chi connectivity index (χ2v) is 7.47. The number of fused-ring (bicyclic) bond motifs is 1. The molecular weight excluding hydrogens is 382 g/mol. The molecule has 1 fully saturated rings. The number of piperidine rings is 1. The van der Waals surface area contributed by atoms with Crippen molar-refractivity contribution >= 4 is 16.8 Å². The van der Waals surface area contributed by atoms with Crippen molar-refractivity contribution in [1.29, 1.82) is 0 Å². The van der Waals surface area contributed by atoms with Gasteiger partial charge in [-0.25, -0.2) is 4.98 Å². The number of nitrogens with zero attached hydrogens (tertiary/aromatic N) is 3. The standard InChI is InChI=1S/C23H25N3O4/c1-16-24-21-7-3-2-6-20(21)23(29)26(16)18-10-8-17(9-11-18)22(28)25-12-4-5-19(15-25)30-14-13-27/h2-3,6-11,19,27H,4-5,12-15H2,1H3. The predicted octanol–water partition coefficient (Wildman–Crippen LogP) is 2.31. The molecule has 0 spiro atoms. The minimum Gasteiger partial charge on any atom is -0.394 e. The number of hydrogen-bond donors (Lipinski definition) is 1. The second kappa shape index (κ2) is 8.77. The highest BCUT2D eigenvalue weighted by atomic mass is 16.5. The molecule has 7 heteroatoms. The van der Waals surface area contributed by atoms with Crippen molar-refractivity contribution in [3.63, 3.8) is 0 Å². The molecule has 0 radical (unpaired) electrons. The van der Waals surface area contributed by atoms with Gasteiger partial charge in [-0.05, 0) is 56.2 Å². The maximum atomic E-state index is 13.0. The minimum absolute atomic E-state index is 0.0195. The highest BCUT2D eigenvalue weighted by molar-refractivity contribution is 5.94. The lowest BCUT2D eigenvalue weighted by molar-refractivity contribution is -0.0110. The van der Waals surface area contributed by atoms with Crippen molar-refractivity contribution in [2.75, 3.05) is 26.3 Å². The van der Waals surface area contributed by atoms with Crippen molar-refractivity contribution < 1.29 is 14.6 Å². The minimum atomic E-state index is -0.128. The van der Waals surface area contributed by atoms with E-state index in [0.717, 1.165) is 12.8 Å². The molecular formula is C23H25N3O4. The SMILES string of the molecule is Cc1nc2ccccc2c(=O)n1-c1ccc(C(=O)N2CCCC(OCCO)C2)cc1. The van der Waals surface area contributed by atoms with E-state index in [1.54, 1.807) is 46.7 Å². The molecule has 0 bridgehead atoms. The third-order valence-electron chi connectivity index (χ3n) is 5.43. The lowest BCUT2D eigenvalue weighted by Gasteiger charge is -2.32. The quantitative estimate of drug-likeness (QED) is 0.702. The van der Waals surface area contributed by atoms with Gasteiger partial charge >= 0.3 is 0 Å². The summed E-state index contributed by atoms with van der Waals surface area (Å²) in [6, 6.07) is 14.3. The molecule has 3 aromatic rings. The number of hydrogen-bond acceptors (Lipinski definition) is 5. The Labute approximate surface area is 174 Å². The van der Waals surface area contributed by atoms with Crippen LogP contribution in [0.3, 0.4) is 0 Å². The first-order chi connectivity index (χ1) is 14.6. The Morgan fingerprint density at radius 2 is 1.97 bits per heavy atom. The molecule has 1 unspecified atom stereocenters. The van der Waals surface area contributed by atoms with Crippen molar-refractivity contribution in [2.45, 2.75) is 25.9 Å². The third kappa shape index (κ3) is 3.99. The Kier molecular flexibility index (Phi) is 5.92. The number of rotatable bonds is 5. The predicted molar refractivity (Wildman–Crippen MR) is 114 cm³/mol. The van der Waals surface area contributed by atoms with Gasteiger partial charge in [-0.3, -0.25) is 14.2 Å². The number of aromatic nitrogens is 2. The van der Waals surface area contributed by atoms with Crippen molar-refractivity contribution in [2.24, 2.45) is 0 Å². The largest absolute Gasteiger partial charge is 0.394 e. The summed E-state index contributed by atoms with van der Waals surface area (Å²) in [4.78, 5) is 32.2. The van der Waals surface area contributed by atoms with Crippen LogP contribution in [0.25, 0.3) is 16.6 Å². The maximum Gasteiger partial charge on any atom is 0.265 e. The number of para-hydroxylation sites is 1. The van der Waals surface area contributed by atoms with Gasteiger partial charge in [0, 0.05) is 18.7 Å². The van der Waals surface area contributed by atoms with Gasteiger partial charge in [0.05, 0.1) is 35.9 Å². The summed E-state index contributed by atoms with van der Waals surface area (Å²) in [7, 11) is 0. The molecule has 1 aliphatic heterocycles. The fourth-order valence-corrected chi connectivity index (χ4v) is 3.96. The smallest absolute Gasteiger partial charge is 0.265 e. The number of carbonyl (C=O) groups is 1. The average Bonchev–Trinajstić information content (AvgIpc) is 2.78. The molecule has 1 atom stereocenters. The number of carbonyl (C=O) groups excluding carboxylic acids is 1. The number of aliphatic hydroxyl groups excluding tert-OH is 1. The van der Waals surface area contributed by atoms with E-state index in [9.17, 15) is 9.59 Å². The number of aliphatic hydroxyl groups is 1. The molecule has 2 aromatic carbocycles. The summed E-state index contributed by atoms with van der Waals surface area (Å²) in [6.07, 6.45) is 1.72. The van der Waals surface area contributed by atoms with E-state index in [-0.39, 0.29) is 30.8 Å². The highest BCUT2D eigenvalue weighted by Gasteiger charge is 2.25.